The molecule has 0 aliphatic rings. The van der Waals surface area contributed by atoms with Crippen LogP contribution in [0.15, 0.2) is 164 Å². The van der Waals surface area contributed by atoms with Crippen LogP contribution >= 0.6 is 11.3 Å². The first-order valence-corrected chi connectivity index (χ1v) is 16.7. The summed E-state index contributed by atoms with van der Waals surface area (Å²) >= 11 is 1.86. The fraction of sp³-hybridized carbons (Fsp3) is 0. The SMILES string of the molecule is c1ccc(-c2nc3ccccc3n2-c2cccc(-c3ccc4sc5ccc(-n6c7ccccc7c7ccccc76)cc5c4c3)c2)cc1. The van der Waals surface area contributed by atoms with E-state index >= 15 is 0 Å². The standard InChI is InChI=1S/C43H27N3S/c1-2-11-28(12-3-1)43-44-37-17-6-9-20-40(37)46(43)31-14-10-13-29(25-31)30-21-23-41-35(26-30)36-27-32(22-24-42(36)47-41)45-38-18-7-4-15-33(38)34-16-5-8-19-39(34)45/h1-27H. The van der Waals surface area contributed by atoms with Crippen molar-refractivity contribution in [3.05, 3.63) is 164 Å². The van der Waals surface area contributed by atoms with Gasteiger partial charge in [0.2, 0.25) is 0 Å². The molecule has 0 unspecified atom stereocenters. The Morgan fingerprint density at radius 1 is 0.383 bits per heavy atom. The van der Waals surface area contributed by atoms with Gasteiger partial charge in [-0.2, -0.15) is 0 Å². The van der Waals surface area contributed by atoms with Crippen molar-refractivity contribution in [2.75, 3.05) is 0 Å². The monoisotopic (exact) mass is 617 g/mol. The molecule has 10 rings (SSSR count). The zero-order chi connectivity index (χ0) is 30.9. The molecule has 3 aromatic heterocycles. The lowest BCUT2D eigenvalue weighted by atomic mass is 10.0. The minimum atomic E-state index is 0.945. The van der Waals surface area contributed by atoms with E-state index in [1.165, 1.54) is 58.8 Å². The molecule has 47 heavy (non-hydrogen) atoms. The highest BCUT2D eigenvalue weighted by atomic mass is 32.1. The first-order chi connectivity index (χ1) is 23.3. The summed E-state index contributed by atoms with van der Waals surface area (Å²) in [6.45, 7) is 0. The minimum absolute atomic E-state index is 0.945. The Morgan fingerprint density at radius 3 is 1.77 bits per heavy atom. The molecule has 0 saturated carbocycles. The van der Waals surface area contributed by atoms with Crippen LogP contribution in [0.5, 0.6) is 0 Å². The van der Waals surface area contributed by atoms with Crippen LogP contribution in [0, 0.1) is 0 Å². The van der Waals surface area contributed by atoms with E-state index in [1.807, 2.05) is 17.4 Å². The number of para-hydroxylation sites is 4. The van der Waals surface area contributed by atoms with E-state index in [2.05, 4.69) is 167 Å². The van der Waals surface area contributed by atoms with Gasteiger partial charge in [0.05, 0.1) is 22.1 Å². The fourth-order valence-corrected chi connectivity index (χ4v) is 8.24. The van der Waals surface area contributed by atoms with Gasteiger partial charge >= 0.3 is 0 Å². The molecule has 0 radical (unpaired) electrons. The second-order valence-corrected chi connectivity index (χ2v) is 13.1. The quantitative estimate of drug-likeness (QED) is 0.193. The van der Waals surface area contributed by atoms with E-state index in [4.69, 9.17) is 4.98 Å². The maximum absolute atomic E-state index is 5.06. The molecule has 0 bridgehead atoms. The zero-order valence-electron chi connectivity index (χ0n) is 25.3. The molecule has 0 fully saturated rings. The van der Waals surface area contributed by atoms with Crippen LogP contribution in [0.3, 0.4) is 0 Å². The van der Waals surface area contributed by atoms with Gasteiger partial charge in [0.1, 0.15) is 5.82 Å². The van der Waals surface area contributed by atoms with Gasteiger partial charge in [-0.3, -0.25) is 4.57 Å². The number of hydrogen-bond donors (Lipinski definition) is 0. The van der Waals surface area contributed by atoms with Gasteiger partial charge in [-0.05, 0) is 77.9 Å². The molecule has 3 heterocycles. The average molecular weight is 618 g/mol. The van der Waals surface area contributed by atoms with Crippen LogP contribution in [0.25, 0.3) is 86.9 Å². The predicted octanol–water partition coefficient (Wildman–Crippen LogP) is 11.8. The van der Waals surface area contributed by atoms with Gasteiger partial charge < -0.3 is 4.57 Å². The molecule has 4 heteroatoms. The van der Waals surface area contributed by atoms with Crippen molar-refractivity contribution in [3.8, 4) is 33.9 Å². The highest BCUT2D eigenvalue weighted by Crippen LogP contribution is 2.40. The highest BCUT2D eigenvalue weighted by Gasteiger charge is 2.16. The summed E-state index contributed by atoms with van der Waals surface area (Å²) in [5, 5.41) is 5.13. The summed E-state index contributed by atoms with van der Waals surface area (Å²) in [7, 11) is 0. The van der Waals surface area contributed by atoms with Crippen LogP contribution in [0.4, 0.5) is 0 Å². The average Bonchev–Trinajstić information content (AvgIpc) is 3.81. The summed E-state index contributed by atoms with van der Waals surface area (Å²) < 4.78 is 7.28. The van der Waals surface area contributed by atoms with Gasteiger partial charge in [0.15, 0.2) is 0 Å². The fourth-order valence-electron chi connectivity index (χ4n) is 7.18. The lowest BCUT2D eigenvalue weighted by molar-refractivity contribution is 1.10. The second-order valence-electron chi connectivity index (χ2n) is 12.0. The Morgan fingerprint density at radius 2 is 0.979 bits per heavy atom. The lowest BCUT2D eigenvalue weighted by Crippen LogP contribution is -1.97. The normalized spacial score (nSPS) is 11.8. The van der Waals surface area contributed by atoms with Crippen LogP contribution in [0.1, 0.15) is 0 Å². The molecule has 0 atom stereocenters. The summed E-state index contributed by atoms with van der Waals surface area (Å²) in [4.78, 5) is 5.06. The third-order valence-corrected chi connectivity index (χ3v) is 10.5. The second kappa shape index (κ2) is 10.3. The summed E-state index contributed by atoms with van der Waals surface area (Å²) in [5.74, 6) is 0.945. The molecule has 3 nitrogen and oxygen atoms in total. The molecule has 0 aliphatic heterocycles. The largest absolute Gasteiger partial charge is 0.309 e. The van der Waals surface area contributed by atoms with Crippen LogP contribution in [-0.4, -0.2) is 14.1 Å². The van der Waals surface area contributed by atoms with Gasteiger partial charge in [0, 0.05) is 47.9 Å². The van der Waals surface area contributed by atoms with Crippen molar-refractivity contribution in [3.63, 3.8) is 0 Å². The van der Waals surface area contributed by atoms with Crippen molar-refractivity contribution in [2.24, 2.45) is 0 Å². The van der Waals surface area contributed by atoms with E-state index in [9.17, 15) is 0 Å². The van der Waals surface area contributed by atoms with Gasteiger partial charge in [-0.25, -0.2) is 4.98 Å². The Kier molecular flexibility index (Phi) is 5.74. The lowest BCUT2D eigenvalue weighted by Gasteiger charge is -2.12. The predicted molar refractivity (Wildman–Crippen MR) is 199 cm³/mol. The first kappa shape index (κ1) is 26.3. The number of hydrogen-bond acceptors (Lipinski definition) is 2. The summed E-state index contributed by atoms with van der Waals surface area (Å²) in [5.41, 5.74) is 10.3. The first-order valence-electron chi connectivity index (χ1n) is 15.9. The maximum Gasteiger partial charge on any atom is 0.145 e. The van der Waals surface area contributed by atoms with Crippen molar-refractivity contribution >= 4 is 64.3 Å². The van der Waals surface area contributed by atoms with Crippen molar-refractivity contribution in [1.29, 1.82) is 0 Å². The Labute approximate surface area is 275 Å². The number of nitrogens with zero attached hydrogens (tertiary/aromatic N) is 3. The van der Waals surface area contributed by atoms with Crippen molar-refractivity contribution in [2.45, 2.75) is 0 Å². The van der Waals surface area contributed by atoms with Crippen LogP contribution in [0.2, 0.25) is 0 Å². The number of imidazole rings is 1. The smallest absolute Gasteiger partial charge is 0.145 e. The molecule has 0 spiro atoms. The Hall–Kier alpha value is -5.97. The molecular formula is C43H27N3S. The van der Waals surface area contributed by atoms with Crippen LogP contribution < -0.4 is 0 Å². The molecule has 0 aliphatic carbocycles. The summed E-state index contributed by atoms with van der Waals surface area (Å²) in [6, 6.07) is 58.9. The summed E-state index contributed by atoms with van der Waals surface area (Å²) in [6.07, 6.45) is 0. The number of rotatable bonds is 4. The van der Waals surface area contributed by atoms with Gasteiger partial charge in [-0.1, -0.05) is 97.1 Å². The molecule has 0 amide bonds. The number of aromatic nitrogens is 3. The van der Waals surface area contributed by atoms with E-state index in [1.54, 1.807) is 0 Å². The molecule has 0 saturated heterocycles. The number of fused-ring (bicyclic) bond motifs is 7. The number of benzene rings is 7. The molecular weight excluding hydrogens is 591 g/mol. The van der Waals surface area contributed by atoms with E-state index < -0.39 is 0 Å². The Balaban J connectivity index is 1.13. The van der Waals surface area contributed by atoms with E-state index in [0.29, 0.717) is 0 Å². The molecule has 220 valence electrons. The van der Waals surface area contributed by atoms with Crippen LogP contribution in [-0.2, 0) is 0 Å². The van der Waals surface area contributed by atoms with Crippen molar-refractivity contribution < 1.29 is 0 Å². The highest BCUT2D eigenvalue weighted by molar-refractivity contribution is 7.25. The maximum atomic E-state index is 5.06. The third kappa shape index (κ3) is 4.09. The topological polar surface area (TPSA) is 22.8 Å². The van der Waals surface area contributed by atoms with Crippen molar-refractivity contribution in [1.82, 2.24) is 14.1 Å². The van der Waals surface area contributed by atoms with E-state index in [0.717, 1.165) is 28.1 Å². The third-order valence-electron chi connectivity index (χ3n) is 9.32. The van der Waals surface area contributed by atoms with Gasteiger partial charge in [0.25, 0.3) is 0 Å². The number of thiophene rings is 1. The minimum Gasteiger partial charge on any atom is -0.309 e. The van der Waals surface area contributed by atoms with E-state index in [-0.39, 0.29) is 0 Å². The molecule has 7 aromatic carbocycles. The van der Waals surface area contributed by atoms with Gasteiger partial charge in [-0.15, -0.1) is 11.3 Å². The molecule has 10 aromatic rings. The Bertz CT molecular complexity index is 2750. The molecule has 0 N–H and O–H groups in total. The zero-order valence-corrected chi connectivity index (χ0v) is 26.2.